The Morgan fingerprint density at radius 3 is 2.33 bits per heavy atom. The van der Waals surface area contributed by atoms with Crippen LogP contribution in [0.5, 0.6) is 0 Å². The minimum atomic E-state index is -4.99. The molecule has 0 bridgehead atoms. The third-order valence-corrected chi connectivity index (χ3v) is 2.62. The molecule has 1 amide bonds. The number of hydrogen-bond acceptors (Lipinski definition) is 2. The summed E-state index contributed by atoms with van der Waals surface area (Å²) in [5, 5.41) is -0.357. The average Bonchev–Trinajstić information content (AvgIpc) is 2.25. The maximum Gasteiger partial charge on any atom is 0.418 e. The van der Waals surface area contributed by atoms with E-state index in [1.807, 2.05) is 0 Å². The zero-order valence-electron chi connectivity index (χ0n) is 8.56. The SMILES string of the molecule is NC(=O)c1cc(CBr)c(C(F)(F)F)c(C(F)F)n1. The van der Waals surface area contributed by atoms with E-state index in [4.69, 9.17) is 5.73 Å². The minimum absolute atomic E-state index is 0.357. The second-order valence-corrected chi connectivity index (χ2v) is 3.78. The van der Waals surface area contributed by atoms with Gasteiger partial charge in [0.1, 0.15) is 11.4 Å². The van der Waals surface area contributed by atoms with Gasteiger partial charge in [-0.2, -0.15) is 13.2 Å². The van der Waals surface area contributed by atoms with Gasteiger partial charge in [-0.15, -0.1) is 0 Å². The number of rotatable bonds is 3. The molecule has 0 aliphatic heterocycles. The van der Waals surface area contributed by atoms with Crippen LogP contribution in [0, 0.1) is 0 Å². The maximum atomic E-state index is 12.7. The van der Waals surface area contributed by atoms with Gasteiger partial charge in [0.15, 0.2) is 0 Å². The first kappa shape index (κ1) is 14.8. The Labute approximate surface area is 106 Å². The van der Waals surface area contributed by atoms with Gasteiger partial charge in [-0.05, 0) is 11.6 Å². The van der Waals surface area contributed by atoms with Crippen molar-refractivity contribution in [1.29, 1.82) is 0 Å². The fraction of sp³-hybridized carbons (Fsp3) is 0.333. The van der Waals surface area contributed by atoms with Crippen LogP contribution in [0.1, 0.15) is 33.7 Å². The van der Waals surface area contributed by atoms with Gasteiger partial charge in [-0.3, -0.25) is 4.79 Å². The number of amides is 1. The lowest BCUT2D eigenvalue weighted by molar-refractivity contribution is -0.140. The first-order valence-corrected chi connectivity index (χ1v) is 5.55. The highest BCUT2D eigenvalue weighted by atomic mass is 79.9. The van der Waals surface area contributed by atoms with Crippen molar-refractivity contribution in [2.75, 3.05) is 0 Å². The van der Waals surface area contributed by atoms with E-state index in [0.29, 0.717) is 0 Å². The number of halogens is 6. The van der Waals surface area contributed by atoms with Gasteiger partial charge >= 0.3 is 6.18 Å². The first-order chi connectivity index (χ1) is 8.18. The summed E-state index contributed by atoms with van der Waals surface area (Å²) < 4.78 is 63.2. The van der Waals surface area contributed by atoms with Crippen molar-refractivity contribution in [3.63, 3.8) is 0 Å². The Morgan fingerprint density at radius 2 is 2.00 bits per heavy atom. The van der Waals surface area contributed by atoms with Crippen LogP contribution in [0.15, 0.2) is 6.07 Å². The molecule has 0 aliphatic carbocycles. The third kappa shape index (κ3) is 2.95. The van der Waals surface area contributed by atoms with Crippen molar-refractivity contribution in [3.05, 3.63) is 28.6 Å². The average molecular weight is 333 g/mol. The summed E-state index contributed by atoms with van der Waals surface area (Å²) in [6, 6.07) is 0.742. The normalized spacial score (nSPS) is 11.9. The minimum Gasteiger partial charge on any atom is -0.364 e. The van der Waals surface area contributed by atoms with Crippen molar-refractivity contribution in [2.45, 2.75) is 17.9 Å². The number of nitrogens with two attached hydrogens (primary N) is 1. The van der Waals surface area contributed by atoms with Gasteiger partial charge in [0.2, 0.25) is 0 Å². The van der Waals surface area contributed by atoms with Crippen LogP contribution in [0.25, 0.3) is 0 Å². The molecule has 0 aliphatic rings. The number of carbonyl (C=O) groups excluding carboxylic acids is 1. The summed E-state index contributed by atoms with van der Waals surface area (Å²) in [6.07, 6.45) is -8.45. The predicted molar refractivity (Wildman–Crippen MR) is 55.3 cm³/mol. The topological polar surface area (TPSA) is 56.0 Å². The van der Waals surface area contributed by atoms with Gasteiger partial charge in [-0.1, -0.05) is 15.9 Å². The zero-order chi connectivity index (χ0) is 14.1. The third-order valence-electron chi connectivity index (χ3n) is 2.02. The first-order valence-electron chi connectivity index (χ1n) is 4.43. The summed E-state index contributed by atoms with van der Waals surface area (Å²) in [5.41, 5.74) is 0.644. The highest BCUT2D eigenvalue weighted by Gasteiger charge is 2.39. The number of pyridine rings is 1. The quantitative estimate of drug-likeness (QED) is 0.683. The van der Waals surface area contributed by atoms with E-state index in [2.05, 4.69) is 20.9 Å². The molecule has 0 saturated carbocycles. The predicted octanol–water partition coefficient (Wildman–Crippen LogP) is 3.03. The smallest absolute Gasteiger partial charge is 0.364 e. The summed E-state index contributed by atoms with van der Waals surface area (Å²) in [7, 11) is 0. The van der Waals surface area contributed by atoms with E-state index in [-0.39, 0.29) is 5.33 Å². The van der Waals surface area contributed by atoms with Crippen LogP contribution in [0.2, 0.25) is 0 Å². The molecule has 9 heteroatoms. The number of primary amides is 1. The van der Waals surface area contributed by atoms with Crippen molar-refractivity contribution < 1.29 is 26.7 Å². The van der Waals surface area contributed by atoms with E-state index in [1.54, 1.807) is 0 Å². The number of hydrogen-bond donors (Lipinski definition) is 1. The lowest BCUT2D eigenvalue weighted by Crippen LogP contribution is -2.20. The molecule has 0 spiro atoms. The molecular formula is C9H6BrF5N2O. The van der Waals surface area contributed by atoms with Crippen molar-refractivity contribution in [3.8, 4) is 0 Å². The van der Waals surface area contributed by atoms with Crippen molar-refractivity contribution >= 4 is 21.8 Å². The lowest BCUT2D eigenvalue weighted by Gasteiger charge is -2.16. The Bertz CT molecular complexity index is 475. The molecule has 0 fully saturated rings. The van der Waals surface area contributed by atoms with Gasteiger partial charge < -0.3 is 5.73 Å². The highest BCUT2D eigenvalue weighted by Crippen LogP contribution is 2.38. The molecule has 3 nitrogen and oxygen atoms in total. The fourth-order valence-corrected chi connectivity index (χ4v) is 1.78. The zero-order valence-corrected chi connectivity index (χ0v) is 10.1. The second-order valence-electron chi connectivity index (χ2n) is 3.22. The van der Waals surface area contributed by atoms with Gasteiger partial charge in [0.25, 0.3) is 12.3 Å². The van der Waals surface area contributed by atoms with Crippen molar-refractivity contribution in [2.24, 2.45) is 5.73 Å². The summed E-state index contributed by atoms with van der Waals surface area (Å²) in [6.45, 7) is 0. The van der Waals surface area contributed by atoms with E-state index >= 15 is 0 Å². The van der Waals surface area contributed by atoms with E-state index in [0.717, 1.165) is 6.07 Å². The molecule has 18 heavy (non-hydrogen) atoms. The van der Waals surface area contributed by atoms with Crippen LogP contribution >= 0.6 is 15.9 Å². The van der Waals surface area contributed by atoms with Crippen LogP contribution in [0.3, 0.4) is 0 Å². The van der Waals surface area contributed by atoms with E-state index < -0.39 is 41.0 Å². The summed E-state index contributed by atoms with van der Waals surface area (Å²) >= 11 is 2.74. The molecule has 0 radical (unpaired) electrons. The Morgan fingerprint density at radius 1 is 1.44 bits per heavy atom. The van der Waals surface area contributed by atoms with Gasteiger partial charge in [0, 0.05) is 5.33 Å². The summed E-state index contributed by atoms with van der Waals surface area (Å²) in [4.78, 5) is 13.8. The molecule has 0 atom stereocenters. The fourth-order valence-electron chi connectivity index (χ4n) is 1.34. The van der Waals surface area contributed by atoms with E-state index in [1.165, 1.54) is 0 Å². The molecule has 0 unspecified atom stereocenters. The number of alkyl halides is 6. The maximum absolute atomic E-state index is 12.7. The standard InChI is InChI=1S/C9H6BrF5N2O/c10-2-3-1-4(8(16)18)17-6(7(11)12)5(3)9(13,14)15/h1,7H,2H2,(H2,16,18). The monoisotopic (exact) mass is 332 g/mol. The Balaban J connectivity index is 3.62. The Kier molecular flexibility index (Phi) is 4.25. The molecule has 1 heterocycles. The lowest BCUT2D eigenvalue weighted by atomic mass is 10.1. The molecular weight excluding hydrogens is 327 g/mol. The molecule has 0 aromatic carbocycles. The summed E-state index contributed by atoms with van der Waals surface area (Å²) in [5.74, 6) is -1.17. The number of aromatic nitrogens is 1. The van der Waals surface area contributed by atoms with Gasteiger partial charge in [0.05, 0.1) is 5.56 Å². The molecule has 0 saturated heterocycles. The number of nitrogens with zero attached hydrogens (tertiary/aromatic N) is 1. The molecule has 1 rings (SSSR count). The van der Waals surface area contributed by atoms with Crippen LogP contribution in [-0.2, 0) is 11.5 Å². The van der Waals surface area contributed by atoms with Crippen LogP contribution in [0.4, 0.5) is 22.0 Å². The number of carbonyl (C=O) groups is 1. The molecule has 1 aromatic heterocycles. The van der Waals surface area contributed by atoms with E-state index in [9.17, 15) is 26.7 Å². The largest absolute Gasteiger partial charge is 0.418 e. The molecule has 100 valence electrons. The highest BCUT2D eigenvalue weighted by molar-refractivity contribution is 9.08. The molecule has 1 aromatic rings. The Hall–Kier alpha value is -1.25. The van der Waals surface area contributed by atoms with Gasteiger partial charge in [-0.25, -0.2) is 13.8 Å². The van der Waals surface area contributed by atoms with Crippen LogP contribution in [-0.4, -0.2) is 10.9 Å². The van der Waals surface area contributed by atoms with Crippen molar-refractivity contribution in [1.82, 2.24) is 4.98 Å². The molecule has 2 N–H and O–H groups in total. The second kappa shape index (κ2) is 5.17. The van der Waals surface area contributed by atoms with Crippen LogP contribution < -0.4 is 5.73 Å².